The molecule has 0 saturated carbocycles. The summed E-state index contributed by atoms with van der Waals surface area (Å²) in [6.45, 7) is 12.5. The molecule has 0 spiro atoms. The van der Waals surface area contributed by atoms with Crippen molar-refractivity contribution < 1.29 is 9.80 Å². The quantitative estimate of drug-likeness (QED) is 0.678. The zero-order chi connectivity index (χ0) is 10.7. The first kappa shape index (κ1) is 11.1. The molecule has 0 bridgehead atoms. The molecule has 0 aliphatic carbocycles. The van der Waals surface area contributed by atoms with Gasteiger partial charge in [-0.15, -0.1) is 11.3 Å². The van der Waals surface area contributed by atoms with Crippen LogP contribution in [0.3, 0.4) is 0 Å². The van der Waals surface area contributed by atoms with Crippen molar-refractivity contribution in [2.45, 2.75) is 20.4 Å². The summed E-state index contributed by atoms with van der Waals surface area (Å²) >= 11 is 1.92. The molecule has 15 heavy (non-hydrogen) atoms. The number of thiophene rings is 1. The van der Waals surface area contributed by atoms with Crippen LogP contribution in [0.4, 0.5) is 0 Å². The van der Waals surface area contributed by atoms with E-state index in [2.05, 4.69) is 25.3 Å². The van der Waals surface area contributed by atoms with Crippen molar-refractivity contribution in [1.29, 1.82) is 0 Å². The number of hydrogen-bond acceptors (Lipinski definition) is 1. The van der Waals surface area contributed by atoms with Gasteiger partial charge in [-0.25, -0.2) is 0 Å². The summed E-state index contributed by atoms with van der Waals surface area (Å²) in [5.74, 6) is 0. The molecule has 0 aromatic carbocycles. The first-order valence-electron chi connectivity index (χ1n) is 5.99. The summed E-state index contributed by atoms with van der Waals surface area (Å²) in [5, 5.41) is 2.22. The lowest BCUT2D eigenvalue weighted by atomic mass is 10.2. The van der Waals surface area contributed by atoms with E-state index in [1.807, 2.05) is 11.3 Å². The van der Waals surface area contributed by atoms with Gasteiger partial charge in [0.25, 0.3) is 0 Å². The first-order chi connectivity index (χ1) is 7.29. The standard InChI is InChI=1S/C12H20N2S/c1-3-13-5-7-14(8-6-13)10-12-11(2)4-9-15-12/h4,9H,3,5-8,10H2,1-2H3/p+2. The minimum Gasteiger partial charge on any atom is -0.326 e. The van der Waals surface area contributed by atoms with Crippen LogP contribution in [-0.4, -0.2) is 32.7 Å². The van der Waals surface area contributed by atoms with Crippen LogP contribution < -0.4 is 9.80 Å². The van der Waals surface area contributed by atoms with Gasteiger partial charge in [0.1, 0.15) is 32.7 Å². The summed E-state index contributed by atoms with van der Waals surface area (Å²) in [6, 6.07) is 2.24. The second kappa shape index (κ2) is 5.10. The average molecular weight is 226 g/mol. The van der Waals surface area contributed by atoms with Gasteiger partial charge in [0.15, 0.2) is 0 Å². The van der Waals surface area contributed by atoms with Gasteiger partial charge < -0.3 is 9.80 Å². The maximum absolute atomic E-state index is 2.30. The molecule has 3 heteroatoms. The highest BCUT2D eigenvalue weighted by atomic mass is 32.1. The predicted molar refractivity (Wildman–Crippen MR) is 64.7 cm³/mol. The SMILES string of the molecule is CC[NH+]1CC[NH+](Cc2sccc2C)CC1. The Morgan fingerprint density at radius 1 is 1.20 bits per heavy atom. The summed E-state index contributed by atoms with van der Waals surface area (Å²) in [4.78, 5) is 5.14. The topological polar surface area (TPSA) is 8.88 Å². The molecule has 0 radical (unpaired) electrons. The van der Waals surface area contributed by atoms with Gasteiger partial charge in [-0.2, -0.15) is 0 Å². The smallest absolute Gasteiger partial charge is 0.127 e. The molecular formula is C12H22N2S+2. The summed E-state index contributed by atoms with van der Waals surface area (Å²) < 4.78 is 0. The fourth-order valence-electron chi connectivity index (χ4n) is 2.30. The zero-order valence-corrected chi connectivity index (χ0v) is 10.6. The van der Waals surface area contributed by atoms with Crippen LogP contribution in [0, 0.1) is 6.92 Å². The first-order valence-corrected chi connectivity index (χ1v) is 6.87. The van der Waals surface area contributed by atoms with E-state index in [0.29, 0.717) is 0 Å². The Kier molecular flexibility index (Phi) is 3.78. The van der Waals surface area contributed by atoms with Crippen LogP contribution in [0.15, 0.2) is 11.4 Å². The van der Waals surface area contributed by atoms with Gasteiger partial charge in [0.05, 0.1) is 11.4 Å². The van der Waals surface area contributed by atoms with Gasteiger partial charge in [0, 0.05) is 0 Å². The highest BCUT2D eigenvalue weighted by molar-refractivity contribution is 7.10. The lowest BCUT2D eigenvalue weighted by Gasteiger charge is -2.28. The molecule has 0 unspecified atom stereocenters. The van der Waals surface area contributed by atoms with E-state index in [1.54, 1.807) is 14.7 Å². The van der Waals surface area contributed by atoms with Crippen molar-refractivity contribution in [3.05, 3.63) is 21.9 Å². The third kappa shape index (κ3) is 2.80. The molecule has 0 atom stereocenters. The number of piperazine rings is 1. The molecule has 0 amide bonds. The number of nitrogens with one attached hydrogen (secondary N) is 2. The molecule has 2 heterocycles. The van der Waals surface area contributed by atoms with E-state index < -0.39 is 0 Å². The van der Waals surface area contributed by atoms with E-state index in [9.17, 15) is 0 Å². The number of rotatable bonds is 3. The Balaban J connectivity index is 1.85. The Hall–Kier alpha value is -0.380. The predicted octanol–water partition coefficient (Wildman–Crippen LogP) is -0.640. The Labute approximate surface area is 96.5 Å². The second-order valence-corrected chi connectivity index (χ2v) is 5.56. The molecule has 2 nitrogen and oxygen atoms in total. The fourth-order valence-corrected chi connectivity index (χ4v) is 3.28. The van der Waals surface area contributed by atoms with E-state index in [1.165, 1.54) is 44.8 Å². The largest absolute Gasteiger partial charge is 0.326 e. The normalized spacial score (nSPS) is 26.8. The molecule has 1 aromatic heterocycles. The summed E-state index contributed by atoms with van der Waals surface area (Å²) in [6.07, 6.45) is 0. The van der Waals surface area contributed by atoms with E-state index >= 15 is 0 Å². The van der Waals surface area contributed by atoms with Crippen LogP contribution in [0.1, 0.15) is 17.4 Å². The van der Waals surface area contributed by atoms with Gasteiger partial charge in [-0.3, -0.25) is 0 Å². The number of aryl methyl sites for hydroxylation is 1. The maximum Gasteiger partial charge on any atom is 0.127 e. The Bertz CT molecular complexity index is 300. The molecule has 2 N–H and O–H groups in total. The Morgan fingerprint density at radius 3 is 2.40 bits per heavy atom. The molecule has 2 rings (SSSR count). The lowest BCUT2D eigenvalue weighted by Crippen LogP contribution is -3.27. The molecule has 1 aliphatic heterocycles. The third-order valence-corrected chi connectivity index (χ3v) is 4.57. The molecule has 1 fully saturated rings. The van der Waals surface area contributed by atoms with Crippen LogP contribution in [0.2, 0.25) is 0 Å². The molecule has 1 aliphatic rings. The minimum absolute atomic E-state index is 1.25. The molecule has 84 valence electrons. The van der Waals surface area contributed by atoms with Crippen LogP contribution in [0.25, 0.3) is 0 Å². The van der Waals surface area contributed by atoms with Gasteiger partial charge in [-0.05, 0) is 30.9 Å². The highest BCUT2D eigenvalue weighted by Crippen LogP contribution is 2.13. The third-order valence-electron chi connectivity index (χ3n) is 3.54. The van der Waals surface area contributed by atoms with Gasteiger partial charge in [0.2, 0.25) is 0 Å². The minimum atomic E-state index is 1.25. The van der Waals surface area contributed by atoms with Crippen LogP contribution in [-0.2, 0) is 6.54 Å². The highest BCUT2D eigenvalue weighted by Gasteiger charge is 2.22. The average Bonchev–Trinajstić information content (AvgIpc) is 2.66. The van der Waals surface area contributed by atoms with E-state index in [4.69, 9.17) is 0 Å². The van der Waals surface area contributed by atoms with E-state index in [-0.39, 0.29) is 0 Å². The van der Waals surface area contributed by atoms with Gasteiger partial charge >= 0.3 is 0 Å². The Morgan fingerprint density at radius 2 is 1.87 bits per heavy atom. The monoisotopic (exact) mass is 226 g/mol. The van der Waals surface area contributed by atoms with Crippen molar-refractivity contribution in [2.24, 2.45) is 0 Å². The maximum atomic E-state index is 2.30. The van der Waals surface area contributed by atoms with Gasteiger partial charge in [-0.1, -0.05) is 0 Å². The van der Waals surface area contributed by atoms with Crippen molar-refractivity contribution in [3.63, 3.8) is 0 Å². The van der Waals surface area contributed by atoms with Crippen molar-refractivity contribution in [3.8, 4) is 0 Å². The zero-order valence-electron chi connectivity index (χ0n) is 9.81. The van der Waals surface area contributed by atoms with E-state index in [0.717, 1.165) is 0 Å². The number of quaternary nitrogens is 2. The van der Waals surface area contributed by atoms with Crippen LogP contribution >= 0.6 is 11.3 Å². The lowest BCUT2D eigenvalue weighted by molar-refractivity contribution is -1.02. The van der Waals surface area contributed by atoms with Crippen LogP contribution in [0.5, 0.6) is 0 Å². The summed E-state index contributed by atoms with van der Waals surface area (Å²) in [5.41, 5.74) is 1.48. The number of hydrogen-bond donors (Lipinski definition) is 2. The number of likely N-dealkylation sites (N-methyl/N-ethyl adjacent to an activating group) is 1. The fraction of sp³-hybridized carbons (Fsp3) is 0.667. The van der Waals surface area contributed by atoms with Crippen molar-refractivity contribution in [1.82, 2.24) is 0 Å². The molecular weight excluding hydrogens is 204 g/mol. The molecule has 1 saturated heterocycles. The molecule has 1 aromatic rings. The van der Waals surface area contributed by atoms with Crippen molar-refractivity contribution >= 4 is 11.3 Å². The summed E-state index contributed by atoms with van der Waals surface area (Å²) in [7, 11) is 0. The second-order valence-electron chi connectivity index (χ2n) is 4.56. The van der Waals surface area contributed by atoms with Crippen molar-refractivity contribution in [2.75, 3.05) is 32.7 Å².